The van der Waals surface area contributed by atoms with Gasteiger partial charge in [0.1, 0.15) is 0 Å². The summed E-state index contributed by atoms with van der Waals surface area (Å²) < 4.78 is 11.3. The van der Waals surface area contributed by atoms with Crippen molar-refractivity contribution in [1.29, 1.82) is 0 Å². The Balaban J connectivity index is 2.40. The highest BCUT2D eigenvalue weighted by atomic mass is 16.6. The van der Waals surface area contributed by atoms with E-state index in [1.165, 1.54) is 25.7 Å². The first kappa shape index (κ1) is 14.9. The predicted molar refractivity (Wildman–Crippen MR) is 71.3 cm³/mol. The Hall–Kier alpha value is -0.120. The number of nitrogens with one attached hydrogen (secondary N) is 1. The van der Waals surface area contributed by atoms with Gasteiger partial charge in [0.15, 0.2) is 0 Å². The van der Waals surface area contributed by atoms with E-state index in [4.69, 9.17) is 9.47 Å². The van der Waals surface area contributed by atoms with Crippen LogP contribution < -0.4 is 5.32 Å². The van der Waals surface area contributed by atoms with Gasteiger partial charge in [-0.05, 0) is 25.3 Å². The maximum Gasteiger partial charge on any atom is 0.0962 e. The normalized spacial score (nSPS) is 24.5. The largest absolute Gasteiger partial charge is 0.376 e. The Bertz CT molecular complexity index is 181. The van der Waals surface area contributed by atoms with Gasteiger partial charge in [0, 0.05) is 6.04 Å². The van der Waals surface area contributed by atoms with Crippen molar-refractivity contribution < 1.29 is 9.47 Å². The number of hydrogen-bond acceptors (Lipinski definition) is 3. The Labute approximate surface area is 106 Å². The molecule has 0 bridgehead atoms. The molecule has 1 heterocycles. The molecule has 17 heavy (non-hydrogen) atoms. The van der Waals surface area contributed by atoms with Crippen LogP contribution >= 0.6 is 0 Å². The lowest BCUT2D eigenvalue weighted by molar-refractivity contribution is -0.104. The summed E-state index contributed by atoms with van der Waals surface area (Å²) in [6.45, 7) is 10.1. The molecule has 3 atom stereocenters. The molecule has 102 valence electrons. The van der Waals surface area contributed by atoms with Crippen molar-refractivity contribution >= 4 is 0 Å². The average molecular weight is 243 g/mol. The van der Waals surface area contributed by atoms with Gasteiger partial charge in [-0.2, -0.15) is 0 Å². The summed E-state index contributed by atoms with van der Waals surface area (Å²) in [5.41, 5.74) is 0. The zero-order valence-corrected chi connectivity index (χ0v) is 11.7. The second kappa shape index (κ2) is 8.90. The van der Waals surface area contributed by atoms with Gasteiger partial charge >= 0.3 is 0 Å². The lowest BCUT2D eigenvalue weighted by Crippen LogP contribution is -2.47. The van der Waals surface area contributed by atoms with Crippen LogP contribution in [0.1, 0.15) is 46.5 Å². The molecule has 0 spiro atoms. The van der Waals surface area contributed by atoms with E-state index in [9.17, 15) is 0 Å². The Kier molecular flexibility index (Phi) is 7.82. The van der Waals surface area contributed by atoms with Crippen LogP contribution in [0.4, 0.5) is 0 Å². The van der Waals surface area contributed by atoms with E-state index in [2.05, 4.69) is 26.1 Å². The van der Waals surface area contributed by atoms with E-state index in [0.29, 0.717) is 6.04 Å². The lowest BCUT2D eigenvalue weighted by Gasteiger charge is -2.32. The van der Waals surface area contributed by atoms with Crippen LogP contribution in [0.5, 0.6) is 0 Å². The van der Waals surface area contributed by atoms with Gasteiger partial charge in [-0.15, -0.1) is 0 Å². The van der Waals surface area contributed by atoms with E-state index >= 15 is 0 Å². The zero-order chi connectivity index (χ0) is 12.5. The van der Waals surface area contributed by atoms with Gasteiger partial charge in [0.25, 0.3) is 0 Å². The standard InChI is InChI=1S/C14H29NO2/c1-4-6-12(3)10-13(15-7-5-2)14-11-16-8-9-17-14/h12-15H,4-11H2,1-3H3. The van der Waals surface area contributed by atoms with Crippen LogP contribution in [0.25, 0.3) is 0 Å². The van der Waals surface area contributed by atoms with E-state index in [0.717, 1.165) is 32.3 Å². The molecule has 0 aliphatic carbocycles. The summed E-state index contributed by atoms with van der Waals surface area (Å²) in [4.78, 5) is 0. The first-order chi connectivity index (χ1) is 8.27. The molecular weight excluding hydrogens is 214 g/mol. The third-order valence-corrected chi connectivity index (χ3v) is 3.38. The van der Waals surface area contributed by atoms with Gasteiger partial charge in [-0.1, -0.05) is 33.6 Å². The fourth-order valence-corrected chi connectivity index (χ4v) is 2.48. The Morgan fingerprint density at radius 3 is 2.65 bits per heavy atom. The van der Waals surface area contributed by atoms with Crippen LogP contribution in [0.2, 0.25) is 0 Å². The molecule has 1 rings (SSSR count). The van der Waals surface area contributed by atoms with Crippen molar-refractivity contribution in [3.05, 3.63) is 0 Å². The highest BCUT2D eigenvalue weighted by Gasteiger charge is 2.25. The molecule has 1 fully saturated rings. The average Bonchev–Trinajstić information content (AvgIpc) is 2.36. The summed E-state index contributed by atoms with van der Waals surface area (Å²) in [5, 5.41) is 3.62. The maximum absolute atomic E-state index is 5.83. The second-order valence-corrected chi connectivity index (χ2v) is 5.17. The molecule has 0 aromatic heterocycles. The quantitative estimate of drug-likeness (QED) is 0.711. The minimum absolute atomic E-state index is 0.245. The molecule has 3 unspecified atom stereocenters. The fraction of sp³-hybridized carbons (Fsp3) is 1.00. The Morgan fingerprint density at radius 2 is 2.06 bits per heavy atom. The summed E-state index contributed by atoms with van der Waals surface area (Å²) in [6, 6.07) is 0.455. The van der Waals surface area contributed by atoms with Crippen LogP contribution in [-0.2, 0) is 9.47 Å². The van der Waals surface area contributed by atoms with Crippen molar-refractivity contribution in [2.24, 2.45) is 5.92 Å². The van der Waals surface area contributed by atoms with Crippen LogP contribution in [-0.4, -0.2) is 38.5 Å². The first-order valence-electron chi connectivity index (χ1n) is 7.20. The number of rotatable bonds is 8. The van der Waals surface area contributed by atoms with E-state index in [1.54, 1.807) is 0 Å². The molecule has 0 aromatic carbocycles. The van der Waals surface area contributed by atoms with Gasteiger partial charge in [0.05, 0.1) is 25.9 Å². The zero-order valence-electron chi connectivity index (χ0n) is 11.7. The van der Waals surface area contributed by atoms with E-state index < -0.39 is 0 Å². The minimum Gasteiger partial charge on any atom is -0.376 e. The minimum atomic E-state index is 0.245. The van der Waals surface area contributed by atoms with Crippen molar-refractivity contribution in [2.75, 3.05) is 26.4 Å². The summed E-state index contributed by atoms with van der Waals surface area (Å²) >= 11 is 0. The molecule has 0 aromatic rings. The monoisotopic (exact) mass is 243 g/mol. The molecular formula is C14H29NO2. The third-order valence-electron chi connectivity index (χ3n) is 3.38. The fourth-order valence-electron chi connectivity index (χ4n) is 2.48. The van der Waals surface area contributed by atoms with Gasteiger partial charge in [0.2, 0.25) is 0 Å². The van der Waals surface area contributed by atoms with Crippen molar-refractivity contribution in [3.8, 4) is 0 Å². The molecule has 1 N–H and O–H groups in total. The summed E-state index contributed by atoms with van der Waals surface area (Å²) in [7, 11) is 0. The van der Waals surface area contributed by atoms with Gasteiger partial charge in [-0.25, -0.2) is 0 Å². The van der Waals surface area contributed by atoms with E-state index in [-0.39, 0.29) is 6.10 Å². The number of hydrogen-bond donors (Lipinski definition) is 1. The summed E-state index contributed by atoms with van der Waals surface area (Å²) in [6.07, 6.45) is 5.19. The molecule has 3 nitrogen and oxygen atoms in total. The van der Waals surface area contributed by atoms with Gasteiger partial charge < -0.3 is 14.8 Å². The highest BCUT2D eigenvalue weighted by molar-refractivity contribution is 4.80. The third kappa shape index (κ3) is 5.84. The van der Waals surface area contributed by atoms with Crippen molar-refractivity contribution in [3.63, 3.8) is 0 Å². The van der Waals surface area contributed by atoms with Crippen LogP contribution in [0, 0.1) is 5.92 Å². The van der Waals surface area contributed by atoms with Crippen LogP contribution in [0.15, 0.2) is 0 Å². The highest BCUT2D eigenvalue weighted by Crippen LogP contribution is 2.17. The first-order valence-corrected chi connectivity index (χ1v) is 7.20. The lowest BCUT2D eigenvalue weighted by atomic mass is 9.94. The Morgan fingerprint density at radius 1 is 1.24 bits per heavy atom. The molecule has 0 saturated carbocycles. The topological polar surface area (TPSA) is 30.5 Å². The SMILES string of the molecule is CCCNC(CC(C)CCC)C1COCCO1. The van der Waals surface area contributed by atoms with Crippen molar-refractivity contribution in [2.45, 2.75) is 58.6 Å². The summed E-state index contributed by atoms with van der Waals surface area (Å²) in [5.74, 6) is 0.764. The van der Waals surface area contributed by atoms with Crippen molar-refractivity contribution in [1.82, 2.24) is 5.32 Å². The molecule has 3 heteroatoms. The smallest absolute Gasteiger partial charge is 0.0962 e. The van der Waals surface area contributed by atoms with Crippen LogP contribution in [0.3, 0.4) is 0 Å². The van der Waals surface area contributed by atoms with Gasteiger partial charge in [-0.3, -0.25) is 0 Å². The predicted octanol–water partition coefficient (Wildman–Crippen LogP) is 2.60. The second-order valence-electron chi connectivity index (χ2n) is 5.17. The maximum atomic E-state index is 5.83. The van der Waals surface area contributed by atoms with E-state index in [1.807, 2.05) is 0 Å². The number of ether oxygens (including phenoxy) is 2. The molecule has 0 amide bonds. The molecule has 1 aliphatic heterocycles. The molecule has 0 radical (unpaired) electrons. The molecule has 1 saturated heterocycles. The molecule has 1 aliphatic rings.